The zero-order valence-electron chi connectivity index (χ0n) is 14.0. The van der Waals surface area contributed by atoms with Gasteiger partial charge in [0.25, 0.3) is 0 Å². The topological polar surface area (TPSA) is 237 Å². The number of hydrogen-bond acceptors (Lipinski definition) is 7. The fourth-order valence-corrected chi connectivity index (χ4v) is 1.64. The van der Waals surface area contributed by atoms with Crippen LogP contribution in [0.1, 0.15) is 19.8 Å². The molecule has 0 saturated heterocycles. The second-order valence-electron chi connectivity index (χ2n) is 5.35. The highest BCUT2D eigenvalue weighted by Crippen LogP contribution is 1.95. The number of nitrogens with two attached hydrogens (primary N) is 3. The molecule has 0 spiro atoms. The molecule has 0 saturated carbocycles. The third kappa shape index (κ3) is 9.17. The number of aliphatic carboxylic acids is 1. The van der Waals surface area contributed by atoms with Gasteiger partial charge in [-0.3, -0.25) is 28.8 Å². The third-order valence-corrected chi connectivity index (χ3v) is 2.97. The Morgan fingerprint density at radius 1 is 0.923 bits per heavy atom. The van der Waals surface area contributed by atoms with Crippen molar-refractivity contribution in [1.82, 2.24) is 16.0 Å². The molecule has 0 aromatic carbocycles. The van der Waals surface area contributed by atoms with Crippen LogP contribution in [0.15, 0.2) is 0 Å². The molecule has 0 aliphatic heterocycles. The van der Waals surface area contributed by atoms with Crippen LogP contribution in [0.25, 0.3) is 0 Å². The number of hydrogen-bond donors (Lipinski definition) is 7. The zero-order chi connectivity index (χ0) is 20.4. The Labute approximate surface area is 148 Å². The number of carbonyl (C=O) groups excluding carboxylic acids is 5. The van der Waals surface area contributed by atoms with Gasteiger partial charge in [0.15, 0.2) is 0 Å². The van der Waals surface area contributed by atoms with Crippen molar-refractivity contribution >= 4 is 35.5 Å². The van der Waals surface area contributed by atoms with E-state index in [9.17, 15) is 28.8 Å². The van der Waals surface area contributed by atoms with Gasteiger partial charge in [-0.05, 0) is 6.92 Å². The molecule has 5 amide bonds. The molecule has 0 aromatic rings. The molecule has 3 unspecified atom stereocenters. The fourth-order valence-electron chi connectivity index (χ4n) is 1.64. The minimum absolute atomic E-state index is 0.480. The molecule has 0 fully saturated rings. The van der Waals surface area contributed by atoms with Gasteiger partial charge in [-0.25, -0.2) is 0 Å². The number of carbonyl (C=O) groups is 6. The van der Waals surface area contributed by atoms with Gasteiger partial charge in [0.2, 0.25) is 29.5 Å². The molecular formula is C13H22N6O7. The van der Waals surface area contributed by atoms with E-state index in [0.717, 1.165) is 0 Å². The summed E-state index contributed by atoms with van der Waals surface area (Å²) in [6.07, 6.45) is -1.07. The van der Waals surface area contributed by atoms with Gasteiger partial charge in [0.05, 0.1) is 25.4 Å². The van der Waals surface area contributed by atoms with Crippen molar-refractivity contribution in [2.45, 2.75) is 37.9 Å². The van der Waals surface area contributed by atoms with Gasteiger partial charge >= 0.3 is 5.97 Å². The summed E-state index contributed by atoms with van der Waals surface area (Å²) in [5.74, 6) is -5.68. The maximum Gasteiger partial charge on any atom is 0.325 e. The molecule has 0 aliphatic carbocycles. The van der Waals surface area contributed by atoms with Crippen LogP contribution in [0.5, 0.6) is 0 Å². The summed E-state index contributed by atoms with van der Waals surface area (Å²) in [6.45, 7) is 0.618. The molecule has 10 N–H and O–H groups in total. The van der Waals surface area contributed by atoms with Gasteiger partial charge in [-0.15, -0.1) is 0 Å². The highest BCUT2D eigenvalue weighted by Gasteiger charge is 2.26. The van der Waals surface area contributed by atoms with E-state index in [1.165, 1.54) is 6.92 Å². The first kappa shape index (κ1) is 22.8. The molecule has 0 heterocycles. The third-order valence-electron chi connectivity index (χ3n) is 2.97. The Morgan fingerprint density at radius 3 is 1.92 bits per heavy atom. The van der Waals surface area contributed by atoms with E-state index in [1.807, 2.05) is 0 Å². The van der Waals surface area contributed by atoms with Gasteiger partial charge in [-0.2, -0.15) is 0 Å². The molecular weight excluding hydrogens is 352 g/mol. The first-order valence-corrected chi connectivity index (χ1v) is 7.36. The summed E-state index contributed by atoms with van der Waals surface area (Å²) in [7, 11) is 0. The standard InChI is InChI=1S/C13H22N6O7/c1-5(13(25)26)18-10(22)4-17-12(24)7(3-9(16)21)19-11(23)6(14)2-8(15)20/h5-7H,2-4,14H2,1H3,(H2,15,20)(H2,16,21)(H,17,24)(H,18,22)(H,19,23)(H,25,26). The van der Waals surface area contributed by atoms with Crippen LogP contribution in [-0.2, 0) is 28.8 Å². The van der Waals surface area contributed by atoms with Gasteiger partial charge < -0.3 is 38.3 Å². The first-order chi connectivity index (χ1) is 11.9. The minimum atomic E-state index is -1.44. The lowest BCUT2D eigenvalue weighted by atomic mass is 10.1. The normalized spacial score (nSPS) is 13.6. The maximum atomic E-state index is 12.0. The number of primary amides is 2. The molecule has 26 heavy (non-hydrogen) atoms. The molecule has 0 rings (SSSR count). The molecule has 13 heteroatoms. The lowest BCUT2D eigenvalue weighted by molar-refractivity contribution is -0.141. The monoisotopic (exact) mass is 374 g/mol. The van der Waals surface area contributed by atoms with E-state index < -0.39 is 73.0 Å². The van der Waals surface area contributed by atoms with Crippen molar-refractivity contribution < 1.29 is 33.9 Å². The number of carboxylic acid groups (broad SMARTS) is 1. The molecule has 0 bridgehead atoms. The zero-order valence-corrected chi connectivity index (χ0v) is 14.0. The summed E-state index contributed by atoms with van der Waals surface area (Å²) in [5, 5.41) is 15.0. The second kappa shape index (κ2) is 10.6. The molecule has 3 atom stereocenters. The number of amides is 5. The van der Waals surface area contributed by atoms with Crippen molar-refractivity contribution in [3.63, 3.8) is 0 Å². The number of rotatable bonds is 11. The summed E-state index contributed by atoms with van der Waals surface area (Å²) in [5.41, 5.74) is 15.3. The van der Waals surface area contributed by atoms with E-state index >= 15 is 0 Å². The molecule has 146 valence electrons. The SMILES string of the molecule is CC(NC(=O)CNC(=O)C(CC(N)=O)NC(=O)C(N)CC(N)=O)C(=O)O. The van der Waals surface area contributed by atoms with E-state index in [0.29, 0.717) is 0 Å². The van der Waals surface area contributed by atoms with E-state index in [4.69, 9.17) is 22.3 Å². The largest absolute Gasteiger partial charge is 0.480 e. The summed E-state index contributed by atoms with van der Waals surface area (Å²) in [4.78, 5) is 67.8. The average molecular weight is 374 g/mol. The van der Waals surface area contributed by atoms with Crippen LogP contribution >= 0.6 is 0 Å². The Balaban J connectivity index is 4.76. The van der Waals surface area contributed by atoms with Crippen molar-refractivity contribution in [3.05, 3.63) is 0 Å². The first-order valence-electron chi connectivity index (χ1n) is 7.36. The summed E-state index contributed by atoms with van der Waals surface area (Å²) < 4.78 is 0. The predicted molar refractivity (Wildman–Crippen MR) is 85.8 cm³/mol. The van der Waals surface area contributed by atoms with Crippen LogP contribution in [0.4, 0.5) is 0 Å². The quantitative estimate of drug-likeness (QED) is 0.185. The lowest BCUT2D eigenvalue weighted by Gasteiger charge is -2.19. The molecule has 0 aromatic heterocycles. The molecule has 0 aliphatic rings. The average Bonchev–Trinajstić information content (AvgIpc) is 2.50. The van der Waals surface area contributed by atoms with Crippen LogP contribution in [0, 0.1) is 0 Å². The van der Waals surface area contributed by atoms with Crippen molar-refractivity contribution in [2.24, 2.45) is 17.2 Å². The van der Waals surface area contributed by atoms with Crippen LogP contribution in [0.3, 0.4) is 0 Å². The number of nitrogens with one attached hydrogen (secondary N) is 3. The highest BCUT2D eigenvalue weighted by molar-refractivity contribution is 5.95. The smallest absolute Gasteiger partial charge is 0.325 e. The van der Waals surface area contributed by atoms with Crippen molar-refractivity contribution in [1.29, 1.82) is 0 Å². The van der Waals surface area contributed by atoms with Crippen LogP contribution in [0.2, 0.25) is 0 Å². The van der Waals surface area contributed by atoms with Gasteiger partial charge in [-0.1, -0.05) is 0 Å². The maximum absolute atomic E-state index is 12.0. The molecule has 13 nitrogen and oxygen atoms in total. The summed E-state index contributed by atoms with van der Waals surface area (Å²) >= 11 is 0. The Hall–Kier alpha value is -3.22. The van der Waals surface area contributed by atoms with Gasteiger partial charge in [0.1, 0.15) is 12.1 Å². The van der Waals surface area contributed by atoms with E-state index in [2.05, 4.69) is 16.0 Å². The van der Waals surface area contributed by atoms with Crippen molar-refractivity contribution in [3.8, 4) is 0 Å². The minimum Gasteiger partial charge on any atom is -0.480 e. The highest BCUT2D eigenvalue weighted by atomic mass is 16.4. The molecule has 0 radical (unpaired) electrons. The van der Waals surface area contributed by atoms with Crippen molar-refractivity contribution in [2.75, 3.05) is 6.54 Å². The summed E-state index contributed by atoms with van der Waals surface area (Å²) in [6, 6.07) is -3.95. The second-order valence-corrected chi connectivity index (χ2v) is 5.35. The Bertz CT molecular complexity index is 594. The Kier molecular flexibility index (Phi) is 9.29. The van der Waals surface area contributed by atoms with E-state index in [1.54, 1.807) is 0 Å². The van der Waals surface area contributed by atoms with Crippen LogP contribution in [-0.4, -0.2) is 65.3 Å². The fraction of sp³-hybridized carbons (Fsp3) is 0.538. The van der Waals surface area contributed by atoms with Gasteiger partial charge in [0, 0.05) is 0 Å². The predicted octanol–water partition coefficient (Wildman–Crippen LogP) is -4.75. The Morgan fingerprint density at radius 2 is 1.46 bits per heavy atom. The number of carboxylic acids is 1. The van der Waals surface area contributed by atoms with E-state index in [-0.39, 0.29) is 0 Å². The van der Waals surface area contributed by atoms with Crippen LogP contribution < -0.4 is 33.2 Å². The lowest BCUT2D eigenvalue weighted by Crippen LogP contribution is -2.54.